The predicted molar refractivity (Wildman–Crippen MR) is 89.0 cm³/mol. The number of fused-ring (bicyclic) bond motifs is 1. The molecule has 1 fully saturated rings. The van der Waals surface area contributed by atoms with Crippen LogP contribution in [0, 0.1) is 6.57 Å². The van der Waals surface area contributed by atoms with Crippen LogP contribution in [0.4, 0.5) is 0 Å². The van der Waals surface area contributed by atoms with Crippen molar-refractivity contribution in [3.8, 4) is 11.1 Å². The fourth-order valence-corrected chi connectivity index (χ4v) is 3.77. The second-order valence-electron chi connectivity index (χ2n) is 6.40. The molecule has 4 rings (SSSR count). The Hall–Kier alpha value is -2.72. The summed E-state index contributed by atoms with van der Waals surface area (Å²) in [4.78, 5) is 6.76. The number of aliphatic hydroxyl groups is 1. The molecule has 7 heteroatoms. The second-order valence-corrected chi connectivity index (χ2v) is 6.40. The number of H-pyrrole nitrogens is 1. The number of aliphatic hydroxyl groups excluding tert-OH is 1. The van der Waals surface area contributed by atoms with Crippen LogP contribution >= 0.6 is 0 Å². The van der Waals surface area contributed by atoms with Gasteiger partial charge in [0.25, 0.3) is 0 Å². The van der Waals surface area contributed by atoms with Crippen LogP contribution in [0.15, 0.2) is 30.9 Å². The van der Waals surface area contributed by atoms with Crippen LogP contribution in [0.5, 0.6) is 0 Å². The van der Waals surface area contributed by atoms with Gasteiger partial charge in [0.05, 0.1) is 17.9 Å². The summed E-state index contributed by atoms with van der Waals surface area (Å²) in [6.07, 6.45) is 10.5. The van der Waals surface area contributed by atoms with Gasteiger partial charge in [-0.3, -0.25) is 4.68 Å². The average molecular weight is 322 g/mol. The van der Waals surface area contributed by atoms with Crippen LogP contribution < -0.4 is 0 Å². The van der Waals surface area contributed by atoms with Crippen molar-refractivity contribution in [3.63, 3.8) is 0 Å². The normalized spacial score (nSPS) is 23.6. The van der Waals surface area contributed by atoms with E-state index in [1.165, 1.54) is 0 Å². The number of nitrogens with zero attached hydrogens (tertiary/aromatic N) is 5. The minimum Gasteiger partial charge on any atom is -0.396 e. The fourth-order valence-electron chi connectivity index (χ4n) is 3.77. The van der Waals surface area contributed by atoms with Crippen LogP contribution in [0.3, 0.4) is 0 Å². The molecule has 3 aromatic rings. The smallest absolute Gasteiger partial charge is 0.226 e. The molecule has 1 aliphatic rings. The SMILES string of the molecule is [C-]#[N+]C1CCC(CCO)(n2cc(-c3cnnc4[nH]ccc34)cn2)C1. The van der Waals surface area contributed by atoms with Gasteiger partial charge in [0, 0.05) is 48.4 Å². The lowest BCUT2D eigenvalue weighted by atomic mass is 9.93. The number of aromatic nitrogens is 5. The molecule has 0 amide bonds. The first-order valence-electron chi connectivity index (χ1n) is 8.07. The van der Waals surface area contributed by atoms with Crippen LogP contribution in [-0.2, 0) is 5.54 Å². The third-order valence-corrected chi connectivity index (χ3v) is 5.06. The first kappa shape index (κ1) is 14.8. The number of nitrogens with one attached hydrogen (secondary N) is 1. The van der Waals surface area contributed by atoms with Crippen molar-refractivity contribution >= 4 is 11.0 Å². The zero-order chi connectivity index (χ0) is 16.6. The Morgan fingerprint density at radius 2 is 2.38 bits per heavy atom. The standard InChI is InChI=1S/C17H18N6O/c1-18-13-2-4-17(8-13,5-7-24)23-11-12(9-21-23)15-10-20-22-16-14(15)3-6-19-16/h3,6,9-11,13,24H,2,4-5,7-8H2,(H,19,22). The van der Waals surface area contributed by atoms with Gasteiger partial charge >= 0.3 is 0 Å². The molecule has 3 heterocycles. The van der Waals surface area contributed by atoms with Gasteiger partial charge in [0.2, 0.25) is 6.04 Å². The highest BCUT2D eigenvalue weighted by Gasteiger charge is 2.44. The van der Waals surface area contributed by atoms with Gasteiger partial charge in [-0.1, -0.05) is 0 Å². The Morgan fingerprint density at radius 1 is 1.46 bits per heavy atom. The molecule has 0 bridgehead atoms. The molecule has 0 spiro atoms. The van der Waals surface area contributed by atoms with E-state index >= 15 is 0 Å². The molecule has 1 saturated carbocycles. The summed E-state index contributed by atoms with van der Waals surface area (Å²) in [6.45, 7) is 7.39. The molecule has 0 saturated heterocycles. The van der Waals surface area contributed by atoms with E-state index in [1.807, 2.05) is 29.3 Å². The molecule has 7 nitrogen and oxygen atoms in total. The van der Waals surface area contributed by atoms with Gasteiger partial charge in [-0.05, 0) is 18.9 Å². The van der Waals surface area contributed by atoms with E-state index < -0.39 is 0 Å². The number of hydrogen-bond donors (Lipinski definition) is 2. The number of aromatic amines is 1. The van der Waals surface area contributed by atoms with Crippen LogP contribution in [-0.4, -0.2) is 42.7 Å². The van der Waals surface area contributed by atoms with Crippen LogP contribution in [0.1, 0.15) is 25.7 Å². The van der Waals surface area contributed by atoms with E-state index in [4.69, 9.17) is 6.57 Å². The van der Waals surface area contributed by atoms with Gasteiger partial charge < -0.3 is 14.9 Å². The average Bonchev–Trinajstić information content (AvgIpc) is 3.33. The van der Waals surface area contributed by atoms with E-state index in [-0.39, 0.29) is 18.2 Å². The number of hydrogen-bond acceptors (Lipinski definition) is 4. The van der Waals surface area contributed by atoms with E-state index in [0.717, 1.165) is 41.4 Å². The van der Waals surface area contributed by atoms with Gasteiger partial charge in [-0.15, -0.1) is 5.10 Å². The third-order valence-electron chi connectivity index (χ3n) is 5.06. The van der Waals surface area contributed by atoms with E-state index in [0.29, 0.717) is 6.42 Å². The summed E-state index contributed by atoms with van der Waals surface area (Å²) >= 11 is 0. The van der Waals surface area contributed by atoms with E-state index in [9.17, 15) is 5.11 Å². The van der Waals surface area contributed by atoms with Crippen LogP contribution in [0.2, 0.25) is 0 Å². The molecule has 0 radical (unpaired) electrons. The zero-order valence-corrected chi connectivity index (χ0v) is 13.2. The van der Waals surface area contributed by atoms with E-state index in [1.54, 1.807) is 6.20 Å². The first-order valence-corrected chi connectivity index (χ1v) is 8.07. The highest BCUT2D eigenvalue weighted by atomic mass is 16.3. The lowest BCUT2D eigenvalue weighted by Crippen LogP contribution is -2.32. The summed E-state index contributed by atoms with van der Waals surface area (Å²) in [6, 6.07) is 1.99. The maximum Gasteiger partial charge on any atom is 0.226 e. The molecule has 2 atom stereocenters. The molecule has 2 N–H and O–H groups in total. The molecule has 122 valence electrons. The summed E-state index contributed by atoms with van der Waals surface area (Å²) in [7, 11) is 0. The lowest BCUT2D eigenvalue weighted by molar-refractivity contribution is 0.173. The van der Waals surface area contributed by atoms with Gasteiger partial charge in [-0.25, -0.2) is 6.57 Å². The third kappa shape index (κ3) is 2.27. The fraction of sp³-hybridized carbons (Fsp3) is 0.412. The molecule has 24 heavy (non-hydrogen) atoms. The first-order chi connectivity index (χ1) is 11.8. The highest BCUT2D eigenvalue weighted by Crippen LogP contribution is 2.41. The molecule has 3 aromatic heterocycles. The highest BCUT2D eigenvalue weighted by molar-refractivity contribution is 5.91. The molecule has 0 aliphatic heterocycles. The quantitative estimate of drug-likeness (QED) is 0.722. The van der Waals surface area contributed by atoms with Crippen molar-refractivity contribution in [1.29, 1.82) is 0 Å². The van der Waals surface area contributed by atoms with Gasteiger partial charge in [-0.2, -0.15) is 10.2 Å². The minimum atomic E-state index is -0.264. The Bertz CT molecular complexity index is 907. The summed E-state index contributed by atoms with van der Waals surface area (Å²) in [5.41, 5.74) is 2.43. The monoisotopic (exact) mass is 322 g/mol. The molecule has 1 aliphatic carbocycles. The topological polar surface area (TPSA) is 84.0 Å². The molecular weight excluding hydrogens is 304 g/mol. The van der Waals surface area contributed by atoms with Gasteiger partial charge in [0.15, 0.2) is 5.65 Å². The van der Waals surface area contributed by atoms with Crippen molar-refractivity contribution in [2.45, 2.75) is 37.3 Å². The Balaban J connectivity index is 1.74. The van der Waals surface area contributed by atoms with Crippen molar-refractivity contribution in [2.75, 3.05) is 6.61 Å². The van der Waals surface area contributed by atoms with Crippen LogP contribution in [0.25, 0.3) is 27.0 Å². The summed E-state index contributed by atoms with van der Waals surface area (Å²) in [5.74, 6) is 0. The zero-order valence-electron chi connectivity index (χ0n) is 13.2. The Morgan fingerprint density at radius 3 is 3.17 bits per heavy atom. The molecule has 2 unspecified atom stereocenters. The summed E-state index contributed by atoms with van der Waals surface area (Å²) < 4.78 is 1.95. The van der Waals surface area contributed by atoms with Crippen molar-refractivity contribution < 1.29 is 5.11 Å². The van der Waals surface area contributed by atoms with Gasteiger partial charge in [0.1, 0.15) is 0 Å². The number of rotatable bonds is 4. The molecular formula is C17H18N6O. The van der Waals surface area contributed by atoms with Crippen molar-refractivity contribution in [1.82, 2.24) is 25.0 Å². The van der Waals surface area contributed by atoms with E-state index in [2.05, 4.69) is 25.1 Å². The lowest BCUT2D eigenvalue weighted by Gasteiger charge is -2.28. The molecule has 0 aromatic carbocycles. The largest absolute Gasteiger partial charge is 0.396 e. The maximum atomic E-state index is 9.51. The summed E-state index contributed by atoms with van der Waals surface area (Å²) in [5, 5.41) is 23.2. The second kappa shape index (κ2) is 5.73. The van der Waals surface area contributed by atoms with Crippen molar-refractivity contribution in [3.05, 3.63) is 42.3 Å². The Kier molecular flexibility index (Phi) is 3.54. The minimum absolute atomic E-state index is 0.0168. The van der Waals surface area contributed by atoms with Crippen molar-refractivity contribution in [2.24, 2.45) is 0 Å². The Labute approximate surface area is 139 Å². The maximum absolute atomic E-state index is 9.51. The predicted octanol–water partition coefficient (Wildman–Crippen LogP) is 2.37.